The van der Waals surface area contributed by atoms with E-state index in [2.05, 4.69) is 59.7 Å². The molecule has 254 valence electrons. The number of hydrogen-bond donors (Lipinski definition) is 0. The van der Waals surface area contributed by atoms with Crippen molar-refractivity contribution in [2.75, 3.05) is 19.4 Å². The molecular formula is C37H54N2O5S2. The van der Waals surface area contributed by atoms with Crippen LogP contribution in [-0.2, 0) is 24.0 Å². The molecule has 0 unspecified atom stereocenters. The number of carbonyl (C=O) groups is 3. The van der Waals surface area contributed by atoms with Crippen LogP contribution in [0.15, 0.2) is 16.8 Å². The molecule has 0 spiro atoms. The highest BCUT2D eigenvalue weighted by molar-refractivity contribution is 8.23. The summed E-state index contributed by atoms with van der Waals surface area (Å²) in [7, 11) is 1.57. The smallest absolute Gasteiger partial charge is 0.336 e. The van der Waals surface area contributed by atoms with E-state index in [-0.39, 0.29) is 63.2 Å². The predicted molar refractivity (Wildman–Crippen MR) is 186 cm³/mol. The highest BCUT2D eigenvalue weighted by atomic mass is 32.2. The van der Waals surface area contributed by atoms with E-state index < -0.39 is 5.97 Å². The molecule has 0 N–H and O–H groups in total. The van der Waals surface area contributed by atoms with Crippen molar-refractivity contribution in [3.8, 4) is 0 Å². The Kier molecular flexibility index (Phi) is 8.47. The minimum absolute atomic E-state index is 0.00689. The Morgan fingerprint density at radius 3 is 2.41 bits per heavy atom. The van der Waals surface area contributed by atoms with Crippen LogP contribution in [0, 0.1) is 50.2 Å². The summed E-state index contributed by atoms with van der Waals surface area (Å²) in [6, 6.07) is 0. The van der Waals surface area contributed by atoms with Crippen molar-refractivity contribution < 1.29 is 24.0 Å². The molecule has 4 saturated carbocycles. The van der Waals surface area contributed by atoms with Gasteiger partial charge in [-0.25, -0.2) is 4.79 Å². The van der Waals surface area contributed by atoms with Gasteiger partial charge in [0.15, 0.2) is 0 Å². The van der Waals surface area contributed by atoms with Gasteiger partial charge in [0.05, 0.1) is 30.4 Å². The Morgan fingerprint density at radius 2 is 1.74 bits per heavy atom. The Hall–Kier alpha value is -1.74. The van der Waals surface area contributed by atoms with E-state index in [0.717, 1.165) is 69.9 Å². The zero-order valence-corrected chi connectivity index (χ0v) is 30.9. The molecule has 46 heavy (non-hydrogen) atoms. The maximum absolute atomic E-state index is 13.5. The first-order chi connectivity index (χ1) is 21.4. The molecule has 1 heterocycles. The lowest BCUT2D eigenvalue weighted by Gasteiger charge is -2.70. The monoisotopic (exact) mass is 670 g/mol. The molecule has 5 fully saturated rings. The van der Waals surface area contributed by atoms with Crippen molar-refractivity contribution in [3.63, 3.8) is 0 Å². The van der Waals surface area contributed by atoms with Gasteiger partial charge in [-0.2, -0.15) is 0 Å². The van der Waals surface area contributed by atoms with Gasteiger partial charge in [0.1, 0.15) is 4.32 Å². The summed E-state index contributed by atoms with van der Waals surface area (Å²) < 4.78 is 6.06. The fourth-order valence-corrected chi connectivity index (χ4v) is 12.9. The van der Waals surface area contributed by atoms with E-state index >= 15 is 0 Å². The predicted octanol–water partition coefficient (Wildman–Crippen LogP) is 8.11. The van der Waals surface area contributed by atoms with Gasteiger partial charge in [-0.05, 0) is 104 Å². The number of ether oxygens (including phenoxy) is 1. The van der Waals surface area contributed by atoms with E-state index in [9.17, 15) is 14.4 Å². The Labute approximate surface area is 285 Å². The molecule has 1 aliphatic heterocycles. The van der Waals surface area contributed by atoms with Crippen molar-refractivity contribution >= 4 is 51.9 Å². The molecule has 6 aliphatic rings. The summed E-state index contributed by atoms with van der Waals surface area (Å²) in [5.74, 6) is 1.07. The number of oxime groups is 1. The molecule has 9 heteroatoms. The number of thioether (sulfide) groups is 1. The molecule has 0 aromatic rings. The van der Waals surface area contributed by atoms with E-state index in [1.54, 1.807) is 12.7 Å². The van der Waals surface area contributed by atoms with Crippen LogP contribution in [0.1, 0.15) is 119 Å². The molecule has 0 radical (unpaired) electrons. The summed E-state index contributed by atoms with van der Waals surface area (Å²) in [6.45, 7) is 17.2. The largest absolute Gasteiger partial charge is 0.469 e. The van der Waals surface area contributed by atoms with Gasteiger partial charge in [-0.1, -0.05) is 89.3 Å². The zero-order valence-electron chi connectivity index (χ0n) is 29.3. The average molecular weight is 671 g/mol. The van der Waals surface area contributed by atoms with Crippen LogP contribution < -0.4 is 0 Å². The first kappa shape index (κ1) is 34.1. The fourth-order valence-electron chi connectivity index (χ4n) is 11.7. The topological polar surface area (TPSA) is 85.3 Å². The summed E-state index contributed by atoms with van der Waals surface area (Å²) in [4.78, 5) is 45.2. The number of hydrogen-bond acceptors (Lipinski definition) is 8. The molecule has 0 aromatic heterocycles. The number of esters is 1. The van der Waals surface area contributed by atoms with Gasteiger partial charge < -0.3 is 9.57 Å². The lowest BCUT2D eigenvalue weighted by atomic mass is 9.33. The summed E-state index contributed by atoms with van der Waals surface area (Å²) in [5.41, 5.74) is 2.45. The number of allylic oxidation sites excluding steroid dienone is 2. The number of thiocarbonyl (C=S) groups is 1. The van der Waals surface area contributed by atoms with Gasteiger partial charge in [0, 0.05) is 12.0 Å². The SMILES string of the molecule is COC(=O)[C@]12CCC(C)(C)C[C@H]1C1=CC[C@H]3[C@@]4(C)CC/C(=N/OC(=O)CCN5C(=O)CSC5=S)C(C)(C)[C@@H]4CC[C@@]3(C)[C@]1(C)CC2. The highest BCUT2D eigenvalue weighted by Gasteiger charge is 2.69. The van der Waals surface area contributed by atoms with Crippen LogP contribution in [-0.4, -0.2) is 52.2 Å². The third-order valence-electron chi connectivity index (χ3n) is 14.6. The third-order valence-corrected chi connectivity index (χ3v) is 16.1. The third kappa shape index (κ3) is 4.97. The van der Waals surface area contributed by atoms with Crippen LogP contribution in [0.4, 0.5) is 0 Å². The van der Waals surface area contributed by atoms with E-state index in [1.807, 2.05) is 0 Å². The first-order valence-electron chi connectivity index (χ1n) is 17.5. The minimum Gasteiger partial charge on any atom is -0.469 e. The molecule has 1 saturated heterocycles. The number of amides is 1. The van der Waals surface area contributed by atoms with E-state index in [0.29, 0.717) is 21.9 Å². The van der Waals surface area contributed by atoms with Gasteiger partial charge in [0.2, 0.25) is 5.91 Å². The van der Waals surface area contributed by atoms with Crippen LogP contribution in [0.2, 0.25) is 0 Å². The molecule has 0 aromatic carbocycles. The standard InChI is InChI=1S/C37H54N2O5S2/c1-32(2)16-18-37(30(42)43-8)19-17-35(6)23(24(37)21-32)9-10-26-34(5)14-12-27(33(3,4)25(34)11-15-36(26,35)7)38-44-29(41)13-20-39-28(40)22-46-31(39)45/h9,24-26H,10-22H2,1-8H3/b38-27-/t24-,25-,26-,34-,35+,36+,37-/m0/s1. The second-order valence-electron chi connectivity index (χ2n) is 17.4. The Morgan fingerprint density at radius 1 is 1.02 bits per heavy atom. The normalized spacial score (nSPS) is 41.9. The van der Waals surface area contributed by atoms with Crippen molar-refractivity contribution in [2.45, 2.75) is 119 Å². The quantitative estimate of drug-likeness (QED) is 0.0961. The Balaban J connectivity index is 1.24. The van der Waals surface area contributed by atoms with Crippen molar-refractivity contribution in [3.05, 3.63) is 11.6 Å². The molecule has 7 atom stereocenters. The summed E-state index contributed by atoms with van der Waals surface area (Å²) in [5, 5.41) is 4.50. The lowest BCUT2D eigenvalue weighted by molar-refractivity contribution is -0.181. The number of carbonyl (C=O) groups excluding carboxylic acids is 3. The Bertz CT molecular complexity index is 1390. The molecule has 5 aliphatic carbocycles. The zero-order chi connectivity index (χ0) is 33.5. The van der Waals surface area contributed by atoms with E-state index in [1.165, 1.54) is 16.7 Å². The molecule has 1 amide bonds. The van der Waals surface area contributed by atoms with Crippen molar-refractivity contribution in [2.24, 2.45) is 55.4 Å². The van der Waals surface area contributed by atoms with Crippen molar-refractivity contribution in [1.82, 2.24) is 4.90 Å². The molecule has 0 bridgehead atoms. The second kappa shape index (κ2) is 11.4. The average Bonchev–Trinajstić information content (AvgIpc) is 3.31. The second-order valence-corrected chi connectivity index (χ2v) is 19.0. The molecular weight excluding hydrogens is 617 g/mol. The minimum atomic E-state index is -0.426. The van der Waals surface area contributed by atoms with Gasteiger partial charge in [-0.15, -0.1) is 0 Å². The molecule has 6 rings (SSSR count). The van der Waals surface area contributed by atoms with Gasteiger partial charge in [0.25, 0.3) is 0 Å². The maximum atomic E-state index is 13.5. The van der Waals surface area contributed by atoms with Crippen LogP contribution in [0.5, 0.6) is 0 Å². The van der Waals surface area contributed by atoms with Gasteiger partial charge >= 0.3 is 11.9 Å². The summed E-state index contributed by atoms with van der Waals surface area (Å²) >= 11 is 6.58. The summed E-state index contributed by atoms with van der Waals surface area (Å²) in [6.07, 6.45) is 12.8. The van der Waals surface area contributed by atoms with E-state index in [4.69, 9.17) is 21.8 Å². The number of rotatable bonds is 5. The highest BCUT2D eigenvalue weighted by Crippen LogP contribution is 2.75. The lowest BCUT2D eigenvalue weighted by Crippen LogP contribution is -2.64. The van der Waals surface area contributed by atoms with Crippen LogP contribution in [0.3, 0.4) is 0 Å². The molecule has 7 nitrogen and oxygen atoms in total. The first-order valence-corrected chi connectivity index (χ1v) is 18.9. The maximum Gasteiger partial charge on any atom is 0.336 e. The van der Waals surface area contributed by atoms with Crippen LogP contribution in [0.25, 0.3) is 0 Å². The van der Waals surface area contributed by atoms with Gasteiger partial charge in [-0.3, -0.25) is 14.5 Å². The van der Waals surface area contributed by atoms with Crippen molar-refractivity contribution in [1.29, 1.82) is 0 Å². The number of fused-ring (bicyclic) bond motifs is 7. The fraction of sp³-hybridized carbons (Fsp3) is 0.811. The van der Waals surface area contributed by atoms with Crippen LogP contribution >= 0.6 is 24.0 Å². The number of methoxy groups -OCH3 is 1. The number of nitrogens with zero attached hydrogens (tertiary/aromatic N) is 2.